The van der Waals surface area contributed by atoms with Gasteiger partial charge in [-0.3, -0.25) is 4.57 Å². The minimum atomic E-state index is 0.586. The van der Waals surface area contributed by atoms with Gasteiger partial charge in [0.1, 0.15) is 0 Å². The zero-order chi connectivity index (χ0) is 37.5. The van der Waals surface area contributed by atoms with Crippen LogP contribution in [0, 0.1) is 0 Å². The maximum absolute atomic E-state index is 5.12. The lowest BCUT2D eigenvalue weighted by molar-refractivity contribution is 0.953. The number of nitrogens with zero attached hydrogens (tertiary/aromatic N) is 5. The van der Waals surface area contributed by atoms with E-state index in [1.807, 2.05) is 72.0 Å². The minimum Gasteiger partial charge on any atom is -0.308 e. The van der Waals surface area contributed by atoms with E-state index in [0.29, 0.717) is 17.6 Å². The van der Waals surface area contributed by atoms with E-state index in [-0.39, 0.29) is 0 Å². The van der Waals surface area contributed by atoms with Crippen molar-refractivity contribution in [2.75, 3.05) is 0 Å². The van der Waals surface area contributed by atoms with Gasteiger partial charge in [0.25, 0.3) is 0 Å². The summed E-state index contributed by atoms with van der Waals surface area (Å²) in [6, 6.07) is 66.8. The third kappa shape index (κ3) is 4.98. The molecular formula is C51H31N5S. The summed E-state index contributed by atoms with van der Waals surface area (Å²) in [6.45, 7) is 0. The second-order valence-electron chi connectivity index (χ2n) is 14.4. The van der Waals surface area contributed by atoms with Crippen LogP contribution in [-0.2, 0) is 0 Å². The number of rotatable bonds is 5. The van der Waals surface area contributed by atoms with Crippen LogP contribution in [0.3, 0.4) is 0 Å². The molecule has 0 saturated heterocycles. The van der Waals surface area contributed by atoms with E-state index < -0.39 is 0 Å². The average Bonchev–Trinajstić information content (AvgIpc) is 3.94. The molecule has 12 rings (SSSR count). The van der Waals surface area contributed by atoms with Gasteiger partial charge in [0.2, 0.25) is 5.95 Å². The molecule has 57 heavy (non-hydrogen) atoms. The van der Waals surface area contributed by atoms with Crippen LogP contribution in [0.15, 0.2) is 188 Å². The Bertz CT molecular complexity index is 3470. The molecule has 0 N–H and O–H groups in total. The molecule has 0 radical (unpaired) electrons. The summed E-state index contributed by atoms with van der Waals surface area (Å²) < 4.78 is 7.25. The van der Waals surface area contributed by atoms with Crippen LogP contribution in [0.4, 0.5) is 0 Å². The van der Waals surface area contributed by atoms with Gasteiger partial charge in [-0.15, -0.1) is 11.3 Å². The monoisotopic (exact) mass is 745 g/mol. The van der Waals surface area contributed by atoms with Gasteiger partial charge in [0.15, 0.2) is 11.6 Å². The van der Waals surface area contributed by atoms with E-state index in [1.54, 1.807) is 0 Å². The van der Waals surface area contributed by atoms with Crippen LogP contribution in [0.1, 0.15) is 0 Å². The van der Waals surface area contributed by atoms with Crippen LogP contribution in [0.25, 0.3) is 109 Å². The largest absolute Gasteiger partial charge is 0.308 e. The molecule has 5 nitrogen and oxygen atoms in total. The zero-order valence-corrected chi connectivity index (χ0v) is 31.4. The van der Waals surface area contributed by atoms with Crippen molar-refractivity contribution >= 4 is 75.1 Å². The Morgan fingerprint density at radius 1 is 0.333 bits per heavy atom. The lowest BCUT2D eigenvalue weighted by Gasteiger charge is -2.11. The second kappa shape index (κ2) is 12.6. The molecule has 0 aliphatic heterocycles. The summed E-state index contributed by atoms with van der Waals surface area (Å²) in [5.74, 6) is 1.86. The van der Waals surface area contributed by atoms with Gasteiger partial charge in [0.05, 0.1) is 32.5 Å². The number of fused-ring (bicyclic) bond motifs is 9. The molecule has 0 fully saturated rings. The molecule has 6 heteroatoms. The summed E-state index contributed by atoms with van der Waals surface area (Å²) >= 11 is 1.87. The highest BCUT2D eigenvalue weighted by atomic mass is 32.1. The Kier molecular flexibility index (Phi) is 7.03. The fourth-order valence-electron chi connectivity index (χ4n) is 8.58. The van der Waals surface area contributed by atoms with Gasteiger partial charge in [-0.1, -0.05) is 146 Å². The first-order valence-corrected chi connectivity index (χ1v) is 19.9. The molecule has 0 unspecified atom stereocenters. The molecule has 4 heterocycles. The first-order chi connectivity index (χ1) is 28.3. The van der Waals surface area contributed by atoms with Gasteiger partial charge >= 0.3 is 0 Å². The van der Waals surface area contributed by atoms with Crippen LogP contribution < -0.4 is 0 Å². The van der Waals surface area contributed by atoms with Crippen LogP contribution in [0.2, 0.25) is 0 Å². The van der Waals surface area contributed by atoms with Gasteiger partial charge < -0.3 is 4.57 Å². The fraction of sp³-hybridized carbons (Fsp3) is 0. The lowest BCUT2D eigenvalue weighted by Crippen LogP contribution is -2.06. The van der Waals surface area contributed by atoms with E-state index in [1.165, 1.54) is 47.7 Å². The third-order valence-corrected chi connectivity index (χ3v) is 12.4. The van der Waals surface area contributed by atoms with E-state index in [4.69, 9.17) is 15.0 Å². The number of hydrogen-bond donors (Lipinski definition) is 0. The van der Waals surface area contributed by atoms with Crippen molar-refractivity contribution < 1.29 is 0 Å². The molecule has 12 aromatic rings. The fourth-order valence-corrected chi connectivity index (χ4v) is 9.79. The van der Waals surface area contributed by atoms with Crippen molar-refractivity contribution in [2.45, 2.75) is 0 Å². The van der Waals surface area contributed by atoms with Crippen molar-refractivity contribution in [3.8, 4) is 45.5 Å². The van der Waals surface area contributed by atoms with Gasteiger partial charge in [-0.2, -0.15) is 9.97 Å². The maximum atomic E-state index is 5.12. The predicted octanol–water partition coefficient (Wildman–Crippen LogP) is 13.4. The molecule has 0 amide bonds. The van der Waals surface area contributed by atoms with E-state index >= 15 is 0 Å². The molecule has 8 aromatic carbocycles. The van der Waals surface area contributed by atoms with E-state index in [9.17, 15) is 0 Å². The van der Waals surface area contributed by atoms with Gasteiger partial charge in [-0.25, -0.2) is 4.98 Å². The highest BCUT2D eigenvalue weighted by Gasteiger charge is 2.20. The number of thiophene rings is 1. The smallest absolute Gasteiger partial charge is 0.238 e. The molecule has 4 aromatic heterocycles. The quantitative estimate of drug-likeness (QED) is 0.176. The van der Waals surface area contributed by atoms with Gasteiger partial charge in [-0.05, 0) is 53.6 Å². The zero-order valence-electron chi connectivity index (χ0n) is 30.5. The standard InChI is InChI=1S/C51H31N5S/c1-3-14-32(15-4-1)49-52-50(33-16-5-2-6-17-33)54-51(53-49)56-43-23-11-8-19-37(43)41-30-34(27-29-44(41)56)35-26-28-38-36-18-7-10-22-42(36)55(46(38)31-35)45-24-13-21-40-39-20-9-12-25-47(39)57-48(40)45/h1-31H. The van der Waals surface area contributed by atoms with Crippen molar-refractivity contribution in [2.24, 2.45) is 0 Å². The van der Waals surface area contributed by atoms with Gasteiger partial charge in [0, 0.05) is 48.1 Å². The minimum absolute atomic E-state index is 0.586. The average molecular weight is 746 g/mol. The predicted molar refractivity (Wildman–Crippen MR) is 238 cm³/mol. The molecule has 0 aliphatic carbocycles. The molecule has 266 valence electrons. The summed E-state index contributed by atoms with van der Waals surface area (Å²) in [5.41, 5.74) is 9.87. The van der Waals surface area contributed by atoms with E-state index in [2.05, 4.69) is 137 Å². The van der Waals surface area contributed by atoms with Crippen LogP contribution in [0.5, 0.6) is 0 Å². The van der Waals surface area contributed by atoms with E-state index in [0.717, 1.165) is 44.1 Å². The van der Waals surface area contributed by atoms with Crippen molar-refractivity contribution in [1.29, 1.82) is 0 Å². The lowest BCUT2D eigenvalue weighted by atomic mass is 10.0. The normalized spacial score (nSPS) is 11.9. The molecule has 0 bridgehead atoms. The Morgan fingerprint density at radius 3 is 1.61 bits per heavy atom. The number of para-hydroxylation sites is 2. The van der Waals surface area contributed by atoms with Crippen molar-refractivity contribution in [3.63, 3.8) is 0 Å². The van der Waals surface area contributed by atoms with Crippen LogP contribution in [-0.4, -0.2) is 24.1 Å². The SMILES string of the molecule is c1ccc(-c2nc(-c3ccccc3)nc(-n3c4ccccc4c4cc(-c5ccc6c7ccccc7n(-c7cccc8c7sc7ccccc78)c6c5)ccc43)n2)cc1. The Balaban J connectivity index is 1.06. The molecular weight excluding hydrogens is 715 g/mol. The topological polar surface area (TPSA) is 48.5 Å². The summed E-state index contributed by atoms with van der Waals surface area (Å²) in [7, 11) is 0. The first-order valence-electron chi connectivity index (χ1n) is 19.1. The summed E-state index contributed by atoms with van der Waals surface area (Å²) in [4.78, 5) is 15.2. The number of benzene rings is 8. The van der Waals surface area contributed by atoms with Crippen LogP contribution >= 0.6 is 11.3 Å². The highest BCUT2D eigenvalue weighted by molar-refractivity contribution is 7.26. The third-order valence-electron chi connectivity index (χ3n) is 11.2. The number of aromatic nitrogens is 5. The summed E-state index contributed by atoms with van der Waals surface area (Å²) in [5, 5.41) is 7.37. The summed E-state index contributed by atoms with van der Waals surface area (Å²) in [6.07, 6.45) is 0. The molecule has 0 atom stereocenters. The highest BCUT2D eigenvalue weighted by Crippen LogP contribution is 2.42. The Morgan fingerprint density at radius 2 is 0.877 bits per heavy atom. The maximum Gasteiger partial charge on any atom is 0.238 e. The molecule has 0 aliphatic rings. The van der Waals surface area contributed by atoms with Crippen molar-refractivity contribution in [3.05, 3.63) is 188 Å². The Labute approximate surface area is 331 Å². The Hall–Kier alpha value is -7.41. The second-order valence-corrected chi connectivity index (χ2v) is 15.5. The number of hydrogen-bond acceptors (Lipinski definition) is 4. The molecule has 0 spiro atoms. The first kappa shape index (κ1) is 31.9. The van der Waals surface area contributed by atoms with Crippen molar-refractivity contribution in [1.82, 2.24) is 24.1 Å². The molecule has 0 saturated carbocycles.